The Labute approximate surface area is 218 Å². The predicted octanol–water partition coefficient (Wildman–Crippen LogP) is 0.551. The molecule has 3 heterocycles. The molecule has 2 aliphatic heterocycles. The molecule has 1 aromatic heterocycles. The molecule has 5 rings (SSSR count). The van der Waals surface area contributed by atoms with Gasteiger partial charge in [0.1, 0.15) is 35.5 Å². The van der Waals surface area contributed by atoms with Crippen LogP contribution in [0.15, 0.2) is 54.7 Å². The number of hydrogen-bond donors (Lipinski definition) is 4. The first-order valence-corrected chi connectivity index (χ1v) is 12.5. The summed E-state index contributed by atoms with van der Waals surface area (Å²) in [6.45, 7) is 1.58. The molecule has 2 saturated heterocycles. The maximum absolute atomic E-state index is 13.7. The highest BCUT2D eigenvalue weighted by Crippen LogP contribution is 2.33. The van der Waals surface area contributed by atoms with Gasteiger partial charge in [0, 0.05) is 44.0 Å². The Hall–Kier alpha value is -3.58. The lowest BCUT2D eigenvalue weighted by Gasteiger charge is -2.44. The topological polar surface area (TPSA) is 144 Å². The Balaban J connectivity index is 1.33. The zero-order chi connectivity index (χ0) is 26.8. The van der Waals surface area contributed by atoms with Crippen molar-refractivity contribution in [3.63, 3.8) is 0 Å². The van der Waals surface area contributed by atoms with Gasteiger partial charge in [0.2, 0.25) is 0 Å². The molecule has 0 radical (unpaired) electrons. The summed E-state index contributed by atoms with van der Waals surface area (Å²) in [5, 5.41) is 49.4. The van der Waals surface area contributed by atoms with Crippen molar-refractivity contribution >= 4 is 11.6 Å². The fourth-order valence-electron chi connectivity index (χ4n) is 5.06. The Kier molecular flexibility index (Phi) is 7.56. The maximum atomic E-state index is 13.7. The number of benzene rings is 2. The van der Waals surface area contributed by atoms with Gasteiger partial charge in [-0.2, -0.15) is 0 Å². The minimum atomic E-state index is -1.45. The van der Waals surface area contributed by atoms with E-state index in [1.807, 2.05) is 12.1 Å². The number of ether oxygens (including phenoxy) is 1. The van der Waals surface area contributed by atoms with E-state index in [1.165, 1.54) is 29.1 Å². The molecule has 0 unspecified atom stereocenters. The lowest BCUT2D eigenvalue weighted by atomic mass is 9.90. The van der Waals surface area contributed by atoms with E-state index in [0.717, 1.165) is 5.69 Å². The number of carbonyl (C=O) groups is 1. The SMILES string of the molecule is O=C([C@@H]1O[C@H](CCO)[C@H](O)[C@H](n2cc(-c3cccc(F)c3)nn2)[C@H]1O)N1CCN(c2ccc(O)cc2)CC1. The van der Waals surface area contributed by atoms with E-state index < -0.39 is 42.2 Å². The van der Waals surface area contributed by atoms with Gasteiger partial charge in [-0.05, 0) is 42.8 Å². The molecule has 38 heavy (non-hydrogen) atoms. The number of anilines is 1. The third-order valence-corrected chi connectivity index (χ3v) is 7.11. The lowest BCUT2D eigenvalue weighted by molar-refractivity contribution is -0.207. The van der Waals surface area contributed by atoms with Crippen LogP contribution in [0.1, 0.15) is 12.5 Å². The lowest BCUT2D eigenvalue weighted by Crippen LogP contribution is -2.61. The van der Waals surface area contributed by atoms with E-state index >= 15 is 0 Å². The molecule has 0 aliphatic carbocycles. The smallest absolute Gasteiger partial charge is 0.254 e. The minimum Gasteiger partial charge on any atom is -0.508 e. The van der Waals surface area contributed by atoms with Gasteiger partial charge < -0.3 is 35.0 Å². The molecule has 3 aromatic rings. The number of aromatic hydroxyl groups is 1. The van der Waals surface area contributed by atoms with E-state index in [2.05, 4.69) is 15.2 Å². The number of halogens is 1. The molecule has 4 N–H and O–H groups in total. The summed E-state index contributed by atoms with van der Waals surface area (Å²) in [4.78, 5) is 17.2. The molecule has 5 atom stereocenters. The van der Waals surface area contributed by atoms with Crippen LogP contribution in [0.3, 0.4) is 0 Å². The van der Waals surface area contributed by atoms with Crippen LogP contribution in [0.2, 0.25) is 0 Å². The van der Waals surface area contributed by atoms with Crippen molar-refractivity contribution in [2.45, 2.75) is 36.9 Å². The minimum absolute atomic E-state index is 0.0498. The molecule has 0 bridgehead atoms. The van der Waals surface area contributed by atoms with Crippen LogP contribution in [0.5, 0.6) is 5.75 Å². The molecule has 2 aromatic carbocycles. The second-order valence-electron chi connectivity index (χ2n) is 9.50. The highest BCUT2D eigenvalue weighted by molar-refractivity contribution is 5.82. The average molecular weight is 528 g/mol. The summed E-state index contributed by atoms with van der Waals surface area (Å²) < 4.78 is 20.8. The van der Waals surface area contributed by atoms with Crippen molar-refractivity contribution in [1.29, 1.82) is 0 Å². The molecule has 0 spiro atoms. The number of piperazine rings is 1. The van der Waals surface area contributed by atoms with Gasteiger partial charge in [-0.1, -0.05) is 17.3 Å². The number of phenols is 1. The zero-order valence-electron chi connectivity index (χ0n) is 20.5. The number of hydrogen-bond acceptors (Lipinski definition) is 9. The van der Waals surface area contributed by atoms with Crippen molar-refractivity contribution in [1.82, 2.24) is 19.9 Å². The standard InChI is InChI=1S/C26H30FN5O6/c27-17-3-1-2-16(14-17)20-15-32(29-28-20)22-23(35)21(8-13-33)38-25(24(22)36)26(37)31-11-9-30(10-12-31)18-4-6-19(34)7-5-18/h1-7,14-15,21-25,33-36H,8-13H2/t21-,22+,23+,24-,25-/m1/s1. The molecule has 0 saturated carbocycles. The number of carbonyl (C=O) groups excluding carboxylic acids is 1. The molecular weight excluding hydrogens is 497 g/mol. The van der Waals surface area contributed by atoms with E-state index in [0.29, 0.717) is 37.4 Å². The first-order valence-electron chi connectivity index (χ1n) is 12.5. The van der Waals surface area contributed by atoms with Crippen molar-refractivity contribution in [2.75, 3.05) is 37.7 Å². The second-order valence-corrected chi connectivity index (χ2v) is 9.50. The summed E-state index contributed by atoms with van der Waals surface area (Å²) in [6, 6.07) is 11.5. The zero-order valence-corrected chi connectivity index (χ0v) is 20.5. The van der Waals surface area contributed by atoms with Crippen LogP contribution in [0.4, 0.5) is 10.1 Å². The molecule has 202 valence electrons. The maximum Gasteiger partial charge on any atom is 0.254 e. The molecule has 2 aliphatic rings. The van der Waals surface area contributed by atoms with Crippen molar-refractivity contribution in [3.8, 4) is 17.0 Å². The van der Waals surface area contributed by atoms with E-state index in [9.17, 15) is 29.6 Å². The molecule has 12 heteroatoms. The normalized spacial score (nSPS) is 25.9. The Morgan fingerprint density at radius 3 is 2.47 bits per heavy atom. The number of aliphatic hydroxyl groups is 3. The van der Waals surface area contributed by atoms with E-state index in [-0.39, 0.29) is 18.8 Å². The summed E-state index contributed by atoms with van der Waals surface area (Å²) in [6.07, 6.45) is -3.43. The predicted molar refractivity (Wildman–Crippen MR) is 134 cm³/mol. The van der Waals surface area contributed by atoms with Crippen molar-refractivity contribution in [2.24, 2.45) is 0 Å². The summed E-state index contributed by atoms with van der Waals surface area (Å²) in [7, 11) is 0. The molecular formula is C26H30FN5O6. The first-order chi connectivity index (χ1) is 18.4. The Bertz CT molecular complexity index is 1250. The van der Waals surface area contributed by atoms with Gasteiger partial charge in [0.15, 0.2) is 6.10 Å². The summed E-state index contributed by atoms with van der Waals surface area (Å²) in [5.41, 5.74) is 1.73. The van der Waals surface area contributed by atoms with E-state index in [4.69, 9.17) is 4.74 Å². The number of amides is 1. The fraction of sp³-hybridized carbons (Fsp3) is 0.423. The second kappa shape index (κ2) is 11.0. The summed E-state index contributed by atoms with van der Waals surface area (Å²) in [5.74, 6) is -0.689. The van der Waals surface area contributed by atoms with Gasteiger partial charge in [-0.15, -0.1) is 5.10 Å². The van der Waals surface area contributed by atoms with Gasteiger partial charge >= 0.3 is 0 Å². The largest absolute Gasteiger partial charge is 0.508 e. The van der Waals surface area contributed by atoms with Crippen molar-refractivity contribution in [3.05, 3.63) is 60.5 Å². The quantitative estimate of drug-likeness (QED) is 0.361. The van der Waals surface area contributed by atoms with Crippen LogP contribution < -0.4 is 4.90 Å². The van der Waals surface area contributed by atoms with Gasteiger partial charge in [-0.3, -0.25) is 4.79 Å². The Morgan fingerprint density at radius 2 is 1.79 bits per heavy atom. The monoisotopic (exact) mass is 527 g/mol. The molecule has 2 fully saturated rings. The highest BCUT2D eigenvalue weighted by atomic mass is 19.1. The van der Waals surface area contributed by atoms with Gasteiger partial charge in [-0.25, -0.2) is 9.07 Å². The van der Waals surface area contributed by atoms with Crippen LogP contribution in [0.25, 0.3) is 11.3 Å². The fourth-order valence-corrected chi connectivity index (χ4v) is 5.06. The van der Waals surface area contributed by atoms with Crippen LogP contribution in [-0.4, -0.2) is 103 Å². The average Bonchev–Trinajstić information content (AvgIpc) is 3.40. The number of aliphatic hydroxyl groups excluding tert-OH is 3. The molecule has 11 nitrogen and oxygen atoms in total. The Morgan fingerprint density at radius 1 is 1.05 bits per heavy atom. The van der Waals surface area contributed by atoms with Crippen molar-refractivity contribution < 1.29 is 34.3 Å². The van der Waals surface area contributed by atoms with Gasteiger partial charge in [0.05, 0.1) is 12.3 Å². The van der Waals surface area contributed by atoms with Crippen LogP contribution in [0, 0.1) is 5.82 Å². The van der Waals surface area contributed by atoms with Gasteiger partial charge in [0.25, 0.3) is 5.91 Å². The number of aromatic nitrogens is 3. The third kappa shape index (κ3) is 5.20. The third-order valence-electron chi connectivity index (χ3n) is 7.11. The van der Waals surface area contributed by atoms with Crippen LogP contribution in [-0.2, 0) is 9.53 Å². The number of phenolic OH excluding ortho intramolecular Hbond substituents is 1. The first kappa shape index (κ1) is 26.0. The highest BCUT2D eigenvalue weighted by Gasteiger charge is 2.49. The van der Waals surface area contributed by atoms with E-state index in [1.54, 1.807) is 23.1 Å². The summed E-state index contributed by atoms with van der Waals surface area (Å²) >= 11 is 0. The van der Waals surface area contributed by atoms with Crippen LogP contribution >= 0.6 is 0 Å². The number of nitrogens with zero attached hydrogens (tertiary/aromatic N) is 5. The number of rotatable bonds is 6. The molecule has 1 amide bonds.